The van der Waals surface area contributed by atoms with Crippen LogP contribution >= 0.6 is 15.9 Å². The molecule has 1 aromatic carbocycles. The van der Waals surface area contributed by atoms with E-state index in [0.29, 0.717) is 12.2 Å². The van der Waals surface area contributed by atoms with E-state index in [4.69, 9.17) is 9.84 Å². The molecule has 0 aromatic heterocycles. The van der Waals surface area contributed by atoms with Crippen LogP contribution in [-0.2, 0) is 9.59 Å². The summed E-state index contributed by atoms with van der Waals surface area (Å²) in [5.74, 6) is -1.07. The second-order valence-corrected chi connectivity index (χ2v) is 5.84. The normalized spacial score (nSPS) is 14.9. The molecule has 0 bridgehead atoms. The van der Waals surface area contributed by atoms with Crippen molar-refractivity contribution in [1.29, 1.82) is 0 Å². The van der Waals surface area contributed by atoms with Crippen molar-refractivity contribution < 1.29 is 19.4 Å². The van der Waals surface area contributed by atoms with Crippen molar-refractivity contribution in [2.75, 3.05) is 0 Å². The maximum absolute atomic E-state index is 12.0. The van der Waals surface area contributed by atoms with E-state index in [1.54, 1.807) is 38.1 Å². The quantitative estimate of drug-likeness (QED) is 0.786. The maximum atomic E-state index is 12.0. The SMILES string of the molecule is CCC(C)C(NC(=O)C(C)Oc1ccc(Br)cc1)C(=O)O. The minimum atomic E-state index is -1.03. The van der Waals surface area contributed by atoms with E-state index in [0.717, 1.165) is 4.47 Å². The first kappa shape index (κ1) is 17.5. The Morgan fingerprint density at radius 2 is 1.86 bits per heavy atom. The molecule has 0 aliphatic rings. The molecule has 6 heteroatoms. The summed E-state index contributed by atoms with van der Waals surface area (Å²) >= 11 is 3.31. The molecule has 0 aliphatic carbocycles. The first-order valence-electron chi connectivity index (χ1n) is 6.80. The van der Waals surface area contributed by atoms with Gasteiger partial charge >= 0.3 is 5.97 Å². The number of hydrogen-bond acceptors (Lipinski definition) is 3. The molecule has 3 unspecified atom stereocenters. The highest BCUT2D eigenvalue weighted by atomic mass is 79.9. The van der Waals surface area contributed by atoms with Gasteiger partial charge in [0.15, 0.2) is 6.10 Å². The van der Waals surface area contributed by atoms with Crippen molar-refractivity contribution in [1.82, 2.24) is 5.32 Å². The van der Waals surface area contributed by atoms with Crippen LogP contribution in [0.3, 0.4) is 0 Å². The largest absolute Gasteiger partial charge is 0.481 e. The summed E-state index contributed by atoms with van der Waals surface area (Å²) in [7, 11) is 0. The molecule has 0 aliphatic heterocycles. The highest BCUT2D eigenvalue weighted by molar-refractivity contribution is 9.10. The van der Waals surface area contributed by atoms with Gasteiger partial charge in [-0.2, -0.15) is 0 Å². The summed E-state index contributed by atoms with van der Waals surface area (Å²) in [5, 5.41) is 11.7. The monoisotopic (exact) mass is 357 g/mol. The Kier molecular flexibility index (Phi) is 6.68. The first-order chi connectivity index (χ1) is 9.85. The fourth-order valence-electron chi connectivity index (χ4n) is 1.72. The van der Waals surface area contributed by atoms with Gasteiger partial charge in [-0.1, -0.05) is 36.2 Å². The number of carbonyl (C=O) groups excluding carboxylic acids is 1. The van der Waals surface area contributed by atoms with Crippen molar-refractivity contribution >= 4 is 27.8 Å². The molecule has 1 amide bonds. The molecular weight excluding hydrogens is 338 g/mol. The van der Waals surface area contributed by atoms with E-state index in [9.17, 15) is 9.59 Å². The van der Waals surface area contributed by atoms with Crippen LogP contribution in [0, 0.1) is 5.92 Å². The molecule has 1 rings (SSSR count). The van der Waals surface area contributed by atoms with Crippen molar-refractivity contribution in [2.24, 2.45) is 5.92 Å². The molecule has 0 saturated carbocycles. The fourth-order valence-corrected chi connectivity index (χ4v) is 1.99. The van der Waals surface area contributed by atoms with Crippen LogP contribution in [0.15, 0.2) is 28.7 Å². The molecule has 0 saturated heterocycles. The van der Waals surface area contributed by atoms with Crippen LogP contribution in [-0.4, -0.2) is 29.1 Å². The zero-order chi connectivity index (χ0) is 16.0. The predicted molar refractivity (Wildman–Crippen MR) is 83.3 cm³/mol. The van der Waals surface area contributed by atoms with E-state index in [-0.39, 0.29) is 5.92 Å². The average Bonchev–Trinajstić information content (AvgIpc) is 2.45. The zero-order valence-corrected chi connectivity index (χ0v) is 13.9. The first-order valence-corrected chi connectivity index (χ1v) is 7.59. The number of benzene rings is 1. The number of carbonyl (C=O) groups is 2. The lowest BCUT2D eigenvalue weighted by atomic mass is 9.99. The van der Waals surface area contributed by atoms with Gasteiger partial charge in [0, 0.05) is 4.47 Å². The Bertz CT molecular complexity index is 489. The van der Waals surface area contributed by atoms with Crippen LogP contribution in [0.25, 0.3) is 0 Å². The van der Waals surface area contributed by atoms with E-state index in [1.165, 1.54) is 0 Å². The van der Waals surface area contributed by atoms with Crippen molar-refractivity contribution in [3.05, 3.63) is 28.7 Å². The van der Waals surface area contributed by atoms with Crippen molar-refractivity contribution in [3.8, 4) is 5.75 Å². The number of rotatable bonds is 7. The second kappa shape index (κ2) is 8.02. The lowest BCUT2D eigenvalue weighted by Gasteiger charge is -2.22. The summed E-state index contributed by atoms with van der Waals surface area (Å²) in [6, 6.07) is 6.17. The highest BCUT2D eigenvalue weighted by Crippen LogP contribution is 2.17. The summed E-state index contributed by atoms with van der Waals surface area (Å²) in [6.45, 7) is 5.26. The number of carboxylic acids is 1. The summed E-state index contributed by atoms with van der Waals surface area (Å²) < 4.78 is 6.41. The van der Waals surface area contributed by atoms with E-state index >= 15 is 0 Å². The van der Waals surface area contributed by atoms with E-state index < -0.39 is 24.0 Å². The van der Waals surface area contributed by atoms with Crippen LogP contribution in [0.2, 0.25) is 0 Å². The van der Waals surface area contributed by atoms with Crippen LogP contribution in [0.5, 0.6) is 5.75 Å². The number of ether oxygens (including phenoxy) is 1. The molecule has 21 heavy (non-hydrogen) atoms. The lowest BCUT2D eigenvalue weighted by Crippen LogP contribution is -2.49. The molecule has 0 heterocycles. The molecular formula is C15H20BrNO4. The topological polar surface area (TPSA) is 75.6 Å². The van der Waals surface area contributed by atoms with Crippen LogP contribution in [0.1, 0.15) is 27.2 Å². The lowest BCUT2D eigenvalue weighted by molar-refractivity contribution is -0.144. The van der Waals surface area contributed by atoms with Crippen LogP contribution < -0.4 is 10.1 Å². The molecule has 3 atom stereocenters. The summed E-state index contributed by atoms with van der Waals surface area (Å²) in [4.78, 5) is 23.2. The number of carboxylic acid groups (broad SMARTS) is 1. The summed E-state index contributed by atoms with van der Waals surface area (Å²) in [5.41, 5.74) is 0. The van der Waals surface area contributed by atoms with Crippen molar-refractivity contribution in [2.45, 2.75) is 39.3 Å². The molecule has 116 valence electrons. The fraction of sp³-hybridized carbons (Fsp3) is 0.467. The Labute approximate surface area is 132 Å². The number of hydrogen-bond donors (Lipinski definition) is 2. The Morgan fingerprint density at radius 1 is 1.29 bits per heavy atom. The third-order valence-corrected chi connectivity index (χ3v) is 3.80. The Balaban J connectivity index is 2.64. The number of halogens is 1. The Morgan fingerprint density at radius 3 is 2.33 bits per heavy atom. The second-order valence-electron chi connectivity index (χ2n) is 4.92. The van der Waals surface area contributed by atoms with Gasteiger partial charge in [0.25, 0.3) is 5.91 Å². The van der Waals surface area contributed by atoms with Gasteiger partial charge in [-0.15, -0.1) is 0 Å². The van der Waals surface area contributed by atoms with Gasteiger partial charge in [-0.25, -0.2) is 4.79 Å². The third-order valence-electron chi connectivity index (χ3n) is 3.27. The maximum Gasteiger partial charge on any atom is 0.326 e. The molecule has 5 nitrogen and oxygen atoms in total. The third kappa shape index (κ3) is 5.38. The standard InChI is InChI=1S/C15H20BrNO4/c1-4-9(2)13(15(19)20)17-14(18)10(3)21-12-7-5-11(16)6-8-12/h5-10,13H,4H2,1-3H3,(H,17,18)(H,19,20). The number of nitrogens with one attached hydrogen (secondary N) is 1. The van der Waals surface area contributed by atoms with Gasteiger partial charge in [0.05, 0.1) is 0 Å². The highest BCUT2D eigenvalue weighted by Gasteiger charge is 2.27. The summed E-state index contributed by atoms with van der Waals surface area (Å²) in [6.07, 6.45) is -0.101. The van der Waals surface area contributed by atoms with Gasteiger partial charge < -0.3 is 15.2 Å². The Hall–Kier alpha value is -1.56. The average molecular weight is 358 g/mol. The van der Waals surface area contributed by atoms with E-state index in [1.807, 2.05) is 6.92 Å². The molecule has 2 N–H and O–H groups in total. The smallest absolute Gasteiger partial charge is 0.326 e. The van der Waals surface area contributed by atoms with Crippen molar-refractivity contribution in [3.63, 3.8) is 0 Å². The minimum Gasteiger partial charge on any atom is -0.481 e. The molecule has 0 spiro atoms. The number of aliphatic carboxylic acids is 1. The molecule has 0 fully saturated rings. The van der Waals surface area contributed by atoms with Gasteiger partial charge in [-0.05, 0) is 37.1 Å². The molecule has 1 aromatic rings. The zero-order valence-electron chi connectivity index (χ0n) is 12.3. The van der Waals surface area contributed by atoms with Gasteiger partial charge in [0.1, 0.15) is 11.8 Å². The van der Waals surface area contributed by atoms with E-state index in [2.05, 4.69) is 21.2 Å². The van der Waals surface area contributed by atoms with Gasteiger partial charge in [-0.3, -0.25) is 4.79 Å². The van der Waals surface area contributed by atoms with Gasteiger partial charge in [0.2, 0.25) is 0 Å². The predicted octanol–water partition coefficient (Wildman–Crippen LogP) is 2.83. The number of amides is 1. The minimum absolute atomic E-state index is 0.147. The van der Waals surface area contributed by atoms with Crippen LogP contribution in [0.4, 0.5) is 0 Å². The molecule has 0 radical (unpaired) electrons.